The van der Waals surface area contributed by atoms with E-state index in [9.17, 15) is 23.1 Å². The van der Waals surface area contributed by atoms with E-state index in [1.807, 2.05) is 0 Å². The SMILES string of the molecule is CC/C=C\C/C=C\C/C=C\CCCCCCCCCC(=O)OC1CCC2(C)C(CCC3C2CC(O)C2(C)C(C(C)CCC(=O)NCCS(=O)(=O)O)CCC32)C1. The molecule has 4 aliphatic carbocycles. The van der Waals surface area contributed by atoms with Gasteiger partial charge < -0.3 is 15.2 Å². The number of carbonyl (C=O) groups excluding carboxylic acids is 2. The van der Waals surface area contributed by atoms with Crippen LogP contribution in [0.1, 0.15) is 169 Å². The van der Waals surface area contributed by atoms with Crippen molar-refractivity contribution >= 4 is 22.0 Å². The maximum Gasteiger partial charge on any atom is 0.306 e. The van der Waals surface area contributed by atoms with Crippen LogP contribution < -0.4 is 5.32 Å². The minimum Gasteiger partial charge on any atom is -0.462 e. The fourth-order valence-electron chi connectivity index (χ4n) is 11.7. The predicted octanol–water partition coefficient (Wildman–Crippen LogP) is 10.3. The van der Waals surface area contributed by atoms with E-state index < -0.39 is 15.9 Å². The highest BCUT2D eigenvalue weighted by molar-refractivity contribution is 7.85. The number of amides is 1. The molecule has 10 unspecified atom stereocenters. The number of ether oxygens (including phenoxy) is 1. The van der Waals surface area contributed by atoms with Gasteiger partial charge in [0.05, 0.1) is 11.9 Å². The van der Waals surface area contributed by atoms with Crippen LogP contribution in [0.4, 0.5) is 0 Å². The van der Waals surface area contributed by atoms with Gasteiger partial charge in [-0.25, -0.2) is 0 Å². The van der Waals surface area contributed by atoms with Crippen LogP contribution in [0, 0.1) is 46.3 Å². The van der Waals surface area contributed by atoms with E-state index in [4.69, 9.17) is 9.29 Å². The fraction of sp³-hybridized carbons (Fsp3) is 0.826. The Labute approximate surface area is 334 Å². The molecular weight excluding hydrogens is 711 g/mol. The summed E-state index contributed by atoms with van der Waals surface area (Å²) in [4.78, 5) is 25.3. The average Bonchev–Trinajstić information content (AvgIpc) is 3.50. The smallest absolute Gasteiger partial charge is 0.306 e. The van der Waals surface area contributed by atoms with E-state index >= 15 is 0 Å². The highest BCUT2D eigenvalue weighted by atomic mass is 32.2. The molecule has 0 spiro atoms. The second-order valence-corrected chi connectivity index (χ2v) is 19.9. The molecule has 4 aliphatic rings. The van der Waals surface area contributed by atoms with Crippen molar-refractivity contribution < 1.29 is 32.4 Å². The van der Waals surface area contributed by atoms with Gasteiger partial charge in [-0.1, -0.05) is 96.3 Å². The van der Waals surface area contributed by atoms with Crippen LogP contribution in [0.25, 0.3) is 0 Å². The number of hydrogen-bond acceptors (Lipinski definition) is 6. The molecule has 3 N–H and O–H groups in total. The van der Waals surface area contributed by atoms with Crippen molar-refractivity contribution in [2.75, 3.05) is 12.3 Å². The van der Waals surface area contributed by atoms with Gasteiger partial charge >= 0.3 is 5.97 Å². The van der Waals surface area contributed by atoms with E-state index in [-0.39, 0.29) is 47.4 Å². The van der Waals surface area contributed by atoms with Crippen molar-refractivity contribution in [3.63, 3.8) is 0 Å². The van der Waals surface area contributed by atoms with Crippen LogP contribution in [-0.4, -0.2) is 54.5 Å². The molecule has 4 rings (SSSR count). The lowest BCUT2D eigenvalue weighted by molar-refractivity contribution is -0.181. The van der Waals surface area contributed by atoms with Crippen LogP contribution in [-0.2, 0) is 24.4 Å². The summed E-state index contributed by atoms with van der Waals surface area (Å²) < 4.78 is 37.0. The van der Waals surface area contributed by atoms with E-state index in [0.717, 1.165) is 70.6 Å². The molecule has 0 saturated heterocycles. The number of unbranched alkanes of at least 4 members (excludes halogenated alkanes) is 7. The van der Waals surface area contributed by atoms with Gasteiger partial charge in [0.2, 0.25) is 5.91 Å². The predicted molar refractivity (Wildman–Crippen MR) is 223 cm³/mol. The number of aliphatic hydroxyl groups excluding tert-OH is 1. The molecule has 4 fully saturated rings. The highest BCUT2D eigenvalue weighted by Crippen LogP contribution is 2.68. The third-order valence-corrected chi connectivity index (χ3v) is 15.5. The number of hydrogen-bond donors (Lipinski definition) is 3. The summed E-state index contributed by atoms with van der Waals surface area (Å²) >= 11 is 0. The monoisotopic (exact) mass is 788 g/mol. The summed E-state index contributed by atoms with van der Waals surface area (Å²) in [6.45, 7) is 9.07. The van der Waals surface area contributed by atoms with Crippen molar-refractivity contribution in [2.24, 2.45) is 46.3 Å². The maximum absolute atomic E-state index is 12.9. The van der Waals surface area contributed by atoms with Crippen LogP contribution >= 0.6 is 0 Å². The van der Waals surface area contributed by atoms with Crippen molar-refractivity contribution in [1.29, 1.82) is 0 Å². The topological polar surface area (TPSA) is 130 Å². The lowest BCUT2D eigenvalue weighted by atomic mass is 9.43. The zero-order valence-electron chi connectivity index (χ0n) is 34.9. The largest absolute Gasteiger partial charge is 0.462 e. The Morgan fingerprint density at radius 3 is 2.22 bits per heavy atom. The van der Waals surface area contributed by atoms with Crippen LogP contribution in [0.3, 0.4) is 0 Å². The highest BCUT2D eigenvalue weighted by Gasteiger charge is 2.63. The Hall–Kier alpha value is -1.97. The summed E-state index contributed by atoms with van der Waals surface area (Å²) in [6, 6.07) is 0. The van der Waals surface area contributed by atoms with Crippen LogP contribution in [0.5, 0.6) is 0 Å². The molecule has 8 nitrogen and oxygen atoms in total. The molecule has 9 heteroatoms. The Morgan fingerprint density at radius 1 is 0.836 bits per heavy atom. The minimum atomic E-state index is -4.10. The van der Waals surface area contributed by atoms with E-state index in [1.54, 1.807) is 0 Å². The summed E-state index contributed by atoms with van der Waals surface area (Å²) in [5.74, 6) is 2.00. The maximum atomic E-state index is 12.9. The standard InChI is InChI=1S/C46H77NO7S/c1-5-6-7-8-9-10-11-12-13-14-15-16-17-18-19-20-21-22-44(50)54-37-29-30-45(3)36(33-37)24-25-38-40-27-26-39(46(40,4)42(48)34-41(38)45)35(2)23-28-43(49)47-31-32-55(51,52)53/h6-7,9-10,12-13,35-42,48H,5,8,11,14-34H2,1-4H3,(H,47,49)(H,51,52,53)/b7-6-,10-9-,13-12-. The van der Waals surface area contributed by atoms with Crippen molar-refractivity contribution in [2.45, 2.75) is 181 Å². The summed E-state index contributed by atoms with van der Waals surface area (Å²) in [6.07, 6.45) is 35.6. The summed E-state index contributed by atoms with van der Waals surface area (Å²) in [5, 5.41) is 14.6. The molecule has 55 heavy (non-hydrogen) atoms. The molecule has 0 aromatic rings. The first-order valence-corrected chi connectivity index (χ1v) is 23.9. The molecule has 0 aromatic heterocycles. The van der Waals surface area contributed by atoms with Gasteiger partial charge in [-0.05, 0) is 143 Å². The molecule has 0 heterocycles. The second-order valence-electron chi connectivity index (χ2n) is 18.3. The summed E-state index contributed by atoms with van der Waals surface area (Å²) in [7, 11) is -4.10. The number of carbonyl (C=O) groups is 2. The van der Waals surface area contributed by atoms with Crippen molar-refractivity contribution in [1.82, 2.24) is 5.32 Å². The molecule has 0 aliphatic heterocycles. The van der Waals surface area contributed by atoms with E-state index in [2.05, 4.69) is 69.5 Å². The first-order chi connectivity index (χ1) is 26.3. The van der Waals surface area contributed by atoms with Crippen LogP contribution in [0.2, 0.25) is 0 Å². The van der Waals surface area contributed by atoms with Gasteiger partial charge in [-0.2, -0.15) is 8.42 Å². The Kier molecular flexibility index (Phi) is 18.5. The third kappa shape index (κ3) is 13.3. The van der Waals surface area contributed by atoms with Crippen molar-refractivity contribution in [3.05, 3.63) is 36.5 Å². The lowest BCUT2D eigenvalue weighted by Crippen LogP contribution is -2.59. The van der Waals surface area contributed by atoms with Crippen molar-refractivity contribution in [3.8, 4) is 0 Å². The average molecular weight is 788 g/mol. The Morgan fingerprint density at radius 2 is 1.51 bits per heavy atom. The van der Waals surface area contributed by atoms with E-state index in [0.29, 0.717) is 48.9 Å². The number of rotatable bonds is 23. The van der Waals surface area contributed by atoms with Gasteiger partial charge in [-0.15, -0.1) is 0 Å². The minimum absolute atomic E-state index is 0.0214. The van der Waals surface area contributed by atoms with Gasteiger partial charge in [0, 0.05) is 19.4 Å². The molecule has 1 amide bonds. The Bertz CT molecular complexity index is 1390. The molecule has 10 atom stereocenters. The molecule has 0 aromatic carbocycles. The third-order valence-electron chi connectivity index (χ3n) is 14.8. The van der Waals surface area contributed by atoms with Gasteiger partial charge in [0.1, 0.15) is 6.10 Å². The van der Waals surface area contributed by atoms with Crippen LogP contribution in [0.15, 0.2) is 36.5 Å². The van der Waals surface area contributed by atoms with E-state index in [1.165, 1.54) is 51.4 Å². The van der Waals surface area contributed by atoms with Gasteiger partial charge in [0.25, 0.3) is 10.1 Å². The number of nitrogens with one attached hydrogen (secondary N) is 1. The number of esters is 1. The Balaban J connectivity index is 1.11. The molecule has 0 bridgehead atoms. The van der Waals surface area contributed by atoms with Gasteiger partial charge in [0.15, 0.2) is 0 Å². The zero-order chi connectivity index (χ0) is 39.9. The normalized spacial score (nSPS) is 32.7. The molecule has 4 saturated carbocycles. The lowest BCUT2D eigenvalue weighted by Gasteiger charge is -2.62. The quantitative estimate of drug-likeness (QED) is 0.0407. The second kappa shape index (κ2) is 22.3. The molecule has 0 radical (unpaired) electrons. The first kappa shape index (κ1) is 45.7. The number of aliphatic hydroxyl groups is 1. The molecule has 314 valence electrons. The first-order valence-electron chi connectivity index (χ1n) is 22.3. The summed E-state index contributed by atoms with van der Waals surface area (Å²) in [5.41, 5.74) is -0.00410. The fourth-order valence-corrected chi connectivity index (χ4v) is 12.1. The number of allylic oxidation sites excluding steroid dienone is 6. The zero-order valence-corrected chi connectivity index (χ0v) is 35.7. The molecular formula is C46H77NO7S. The number of fused-ring (bicyclic) bond motifs is 5. The van der Waals surface area contributed by atoms with Gasteiger partial charge in [-0.3, -0.25) is 14.1 Å².